The zero-order chi connectivity index (χ0) is 8.81. The van der Waals surface area contributed by atoms with Gasteiger partial charge in [-0.2, -0.15) is 0 Å². The summed E-state index contributed by atoms with van der Waals surface area (Å²) in [4.78, 5) is 0. The van der Waals surface area contributed by atoms with Crippen molar-refractivity contribution >= 4 is 0 Å². The molecule has 0 aromatic carbocycles. The molecule has 0 radical (unpaired) electrons. The van der Waals surface area contributed by atoms with E-state index in [4.69, 9.17) is 4.74 Å². The number of hydrogen-bond donors (Lipinski definition) is 1. The lowest BCUT2D eigenvalue weighted by atomic mass is 9.93. The molecule has 2 nitrogen and oxygen atoms in total. The van der Waals surface area contributed by atoms with E-state index in [2.05, 4.69) is 12.2 Å². The summed E-state index contributed by atoms with van der Waals surface area (Å²) in [5.41, 5.74) is 0. The molecule has 1 aliphatic carbocycles. The second-order valence-electron chi connectivity index (χ2n) is 3.66. The molecule has 0 spiro atoms. The van der Waals surface area contributed by atoms with Gasteiger partial charge in [0.2, 0.25) is 0 Å². The van der Waals surface area contributed by atoms with Crippen LogP contribution in [0.15, 0.2) is 0 Å². The summed E-state index contributed by atoms with van der Waals surface area (Å²) in [6.07, 6.45) is 6.82. The van der Waals surface area contributed by atoms with Crippen LogP contribution in [-0.2, 0) is 4.74 Å². The van der Waals surface area contributed by atoms with Crippen LogP contribution >= 0.6 is 0 Å². The number of hydrogen-bond acceptors (Lipinski definition) is 2. The van der Waals surface area contributed by atoms with E-state index in [9.17, 15) is 0 Å². The van der Waals surface area contributed by atoms with Crippen molar-refractivity contribution in [2.24, 2.45) is 0 Å². The van der Waals surface area contributed by atoms with Crippen LogP contribution < -0.4 is 5.32 Å². The molecule has 0 heterocycles. The summed E-state index contributed by atoms with van der Waals surface area (Å²) in [5, 5.41) is 3.56. The molecule has 0 saturated heterocycles. The number of methoxy groups -OCH3 is 1. The Morgan fingerprint density at radius 3 is 2.42 bits per heavy atom. The van der Waals surface area contributed by atoms with E-state index in [0.29, 0.717) is 6.10 Å². The molecule has 0 bridgehead atoms. The minimum Gasteiger partial charge on any atom is -0.381 e. The lowest BCUT2D eigenvalue weighted by Gasteiger charge is -2.28. The highest BCUT2D eigenvalue weighted by Gasteiger charge is 2.19. The summed E-state index contributed by atoms with van der Waals surface area (Å²) in [6, 6.07) is 0.761. The first-order valence-electron chi connectivity index (χ1n) is 5.13. The second-order valence-corrected chi connectivity index (χ2v) is 3.66. The summed E-state index contributed by atoms with van der Waals surface area (Å²) in [6.45, 7) is 3.39. The maximum absolute atomic E-state index is 5.32. The van der Waals surface area contributed by atoms with Crippen molar-refractivity contribution in [2.45, 2.75) is 51.2 Å². The van der Waals surface area contributed by atoms with Gasteiger partial charge in [-0.1, -0.05) is 6.92 Å². The molecule has 0 atom stereocenters. The van der Waals surface area contributed by atoms with Gasteiger partial charge in [0.1, 0.15) is 0 Å². The van der Waals surface area contributed by atoms with Crippen LogP contribution in [0.2, 0.25) is 0 Å². The lowest BCUT2D eigenvalue weighted by molar-refractivity contribution is 0.0626. The van der Waals surface area contributed by atoms with Crippen LogP contribution in [0.4, 0.5) is 0 Å². The third kappa shape index (κ3) is 3.11. The molecule has 1 N–H and O–H groups in total. The van der Waals surface area contributed by atoms with Gasteiger partial charge in [0.05, 0.1) is 6.10 Å². The highest BCUT2D eigenvalue weighted by molar-refractivity contribution is 4.76. The van der Waals surface area contributed by atoms with Gasteiger partial charge in [-0.05, 0) is 38.6 Å². The van der Waals surface area contributed by atoms with E-state index in [1.807, 2.05) is 7.11 Å². The third-order valence-electron chi connectivity index (χ3n) is 2.69. The molecule has 0 aromatic rings. The Balaban J connectivity index is 2.09. The molecule has 0 aliphatic heterocycles. The summed E-state index contributed by atoms with van der Waals surface area (Å²) >= 11 is 0. The van der Waals surface area contributed by atoms with Crippen molar-refractivity contribution in [2.75, 3.05) is 13.7 Å². The fourth-order valence-electron chi connectivity index (χ4n) is 1.85. The monoisotopic (exact) mass is 171 g/mol. The quantitative estimate of drug-likeness (QED) is 0.698. The van der Waals surface area contributed by atoms with E-state index in [-0.39, 0.29) is 0 Å². The largest absolute Gasteiger partial charge is 0.381 e. The van der Waals surface area contributed by atoms with Crippen molar-refractivity contribution in [3.05, 3.63) is 0 Å². The first-order valence-corrected chi connectivity index (χ1v) is 5.13. The van der Waals surface area contributed by atoms with Crippen molar-refractivity contribution < 1.29 is 4.74 Å². The highest BCUT2D eigenvalue weighted by atomic mass is 16.5. The lowest BCUT2D eigenvalue weighted by Crippen LogP contribution is -2.35. The van der Waals surface area contributed by atoms with Crippen molar-refractivity contribution in [1.82, 2.24) is 5.32 Å². The van der Waals surface area contributed by atoms with Gasteiger partial charge in [-0.3, -0.25) is 0 Å². The molecule has 1 rings (SSSR count). The van der Waals surface area contributed by atoms with Crippen LogP contribution in [0.3, 0.4) is 0 Å². The molecule has 2 heteroatoms. The summed E-state index contributed by atoms with van der Waals surface area (Å²) < 4.78 is 5.32. The fourth-order valence-corrected chi connectivity index (χ4v) is 1.85. The standard InChI is InChI=1S/C10H21NO/c1-3-8-11-9-4-6-10(12-2)7-5-9/h9-11H,3-8H2,1-2H3. The molecular weight excluding hydrogens is 150 g/mol. The molecule has 12 heavy (non-hydrogen) atoms. The number of nitrogens with one attached hydrogen (secondary N) is 1. The van der Waals surface area contributed by atoms with Gasteiger partial charge < -0.3 is 10.1 Å². The van der Waals surface area contributed by atoms with Crippen molar-refractivity contribution in [1.29, 1.82) is 0 Å². The summed E-state index contributed by atoms with van der Waals surface area (Å²) in [7, 11) is 1.82. The van der Waals surface area contributed by atoms with Crippen LogP contribution in [0.5, 0.6) is 0 Å². The van der Waals surface area contributed by atoms with Crippen LogP contribution in [0.25, 0.3) is 0 Å². The Morgan fingerprint density at radius 1 is 1.25 bits per heavy atom. The molecule has 1 fully saturated rings. The molecule has 1 saturated carbocycles. The Morgan fingerprint density at radius 2 is 1.92 bits per heavy atom. The molecular formula is C10H21NO. The fraction of sp³-hybridized carbons (Fsp3) is 1.00. The van der Waals surface area contributed by atoms with Gasteiger partial charge in [0.25, 0.3) is 0 Å². The molecule has 1 aliphatic rings. The normalized spacial score (nSPS) is 30.5. The maximum Gasteiger partial charge on any atom is 0.0572 e. The zero-order valence-corrected chi connectivity index (χ0v) is 8.31. The van der Waals surface area contributed by atoms with Crippen molar-refractivity contribution in [3.8, 4) is 0 Å². The van der Waals surface area contributed by atoms with E-state index in [0.717, 1.165) is 6.04 Å². The van der Waals surface area contributed by atoms with E-state index < -0.39 is 0 Å². The number of ether oxygens (including phenoxy) is 1. The van der Waals surface area contributed by atoms with Gasteiger partial charge in [0.15, 0.2) is 0 Å². The van der Waals surface area contributed by atoms with Gasteiger partial charge in [-0.25, -0.2) is 0 Å². The van der Waals surface area contributed by atoms with Crippen LogP contribution in [-0.4, -0.2) is 25.8 Å². The van der Waals surface area contributed by atoms with Gasteiger partial charge in [-0.15, -0.1) is 0 Å². The Hall–Kier alpha value is -0.0800. The SMILES string of the molecule is CCCNC1CCC(OC)CC1. The Bertz CT molecular complexity index is 108. The predicted molar refractivity (Wildman–Crippen MR) is 51.3 cm³/mol. The maximum atomic E-state index is 5.32. The molecule has 0 aromatic heterocycles. The molecule has 0 amide bonds. The minimum absolute atomic E-state index is 0.532. The highest BCUT2D eigenvalue weighted by Crippen LogP contribution is 2.20. The number of rotatable bonds is 4. The average molecular weight is 171 g/mol. The third-order valence-corrected chi connectivity index (χ3v) is 2.69. The first kappa shape index (κ1) is 10.0. The van der Waals surface area contributed by atoms with E-state index in [1.165, 1.54) is 38.6 Å². The predicted octanol–water partition coefficient (Wildman–Crippen LogP) is 1.94. The first-order chi connectivity index (χ1) is 5.86. The zero-order valence-electron chi connectivity index (χ0n) is 8.31. The minimum atomic E-state index is 0.532. The topological polar surface area (TPSA) is 21.3 Å². The Kier molecular flexibility index (Phi) is 4.62. The Labute approximate surface area is 75.7 Å². The van der Waals surface area contributed by atoms with Crippen LogP contribution in [0.1, 0.15) is 39.0 Å². The van der Waals surface area contributed by atoms with Gasteiger partial charge >= 0.3 is 0 Å². The van der Waals surface area contributed by atoms with Gasteiger partial charge in [0, 0.05) is 13.2 Å². The van der Waals surface area contributed by atoms with Crippen LogP contribution in [0, 0.1) is 0 Å². The molecule has 72 valence electrons. The van der Waals surface area contributed by atoms with Crippen molar-refractivity contribution in [3.63, 3.8) is 0 Å². The molecule has 0 unspecified atom stereocenters. The second kappa shape index (κ2) is 5.55. The summed E-state index contributed by atoms with van der Waals surface area (Å²) in [5.74, 6) is 0. The smallest absolute Gasteiger partial charge is 0.0572 e. The van der Waals surface area contributed by atoms with E-state index in [1.54, 1.807) is 0 Å². The van der Waals surface area contributed by atoms with E-state index >= 15 is 0 Å². The average Bonchev–Trinajstić information content (AvgIpc) is 2.15.